The van der Waals surface area contributed by atoms with Crippen LogP contribution >= 0.6 is 15.9 Å². The van der Waals surface area contributed by atoms with Gasteiger partial charge in [0.25, 0.3) is 0 Å². The minimum atomic E-state index is -0.319. The second-order valence-corrected chi connectivity index (χ2v) is 11.7. The third kappa shape index (κ3) is 17.9. The van der Waals surface area contributed by atoms with Gasteiger partial charge in [0.15, 0.2) is 0 Å². The summed E-state index contributed by atoms with van der Waals surface area (Å²) < 4.78 is 10.4. The van der Waals surface area contributed by atoms with E-state index in [1.807, 2.05) is 60.7 Å². The summed E-state index contributed by atoms with van der Waals surface area (Å²) >= 11 is 3.31. The molecule has 3 N–H and O–H groups in total. The number of nitrogens with zero attached hydrogens (tertiary/aromatic N) is 1. The number of hydrogen-bond acceptors (Lipinski definition) is 6. The summed E-state index contributed by atoms with van der Waals surface area (Å²) in [5, 5.41) is 10.3. The maximum absolute atomic E-state index is 11.8. The number of carbonyl (C=O) groups excluding carboxylic acids is 2. The van der Waals surface area contributed by atoms with Gasteiger partial charge in [-0.15, -0.1) is 0 Å². The summed E-state index contributed by atoms with van der Waals surface area (Å²) in [6, 6.07) is 20.0. The van der Waals surface area contributed by atoms with E-state index in [4.69, 9.17) is 9.47 Å². The van der Waals surface area contributed by atoms with Crippen molar-refractivity contribution in [3.63, 3.8) is 0 Å². The number of amides is 2. The highest BCUT2D eigenvalue weighted by Crippen LogP contribution is 2.12. The number of unbranched alkanes of at least 4 members (excludes halogenated alkanes) is 2. The molecule has 2 aromatic carbocycles. The van der Waals surface area contributed by atoms with Gasteiger partial charge in [-0.05, 0) is 69.3 Å². The van der Waals surface area contributed by atoms with Crippen LogP contribution in [-0.4, -0.2) is 67.2 Å². The van der Waals surface area contributed by atoms with Crippen LogP contribution in [0.25, 0.3) is 0 Å². The molecule has 2 aliphatic rings. The minimum Gasteiger partial charge on any atom is -0.445 e. The normalized spacial score (nSPS) is 15.6. The Morgan fingerprint density at radius 3 is 1.65 bits per heavy atom. The Balaban J connectivity index is 0.000000264. The number of halogens is 1. The second kappa shape index (κ2) is 23.8. The first kappa shape index (κ1) is 36.6. The van der Waals surface area contributed by atoms with Gasteiger partial charge in [-0.1, -0.05) is 103 Å². The summed E-state index contributed by atoms with van der Waals surface area (Å²) in [4.78, 5) is 25.8. The van der Waals surface area contributed by atoms with Crippen LogP contribution in [0.2, 0.25) is 0 Å². The first-order valence-corrected chi connectivity index (χ1v) is 17.1. The Morgan fingerprint density at radius 1 is 0.767 bits per heavy atom. The number of carbonyl (C=O) groups is 2. The fourth-order valence-corrected chi connectivity index (χ4v) is 5.21. The van der Waals surface area contributed by atoms with Crippen LogP contribution < -0.4 is 16.0 Å². The van der Waals surface area contributed by atoms with Crippen LogP contribution in [-0.2, 0) is 22.7 Å². The third-order valence-corrected chi connectivity index (χ3v) is 7.87. The van der Waals surface area contributed by atoms with E-state index >= 15 is 0 Å². The molecule has 0 unspecified atom stereocenters. The number of nitrogens with one attached hydrogen (secondary N) is 3. The number of benzene rings is 2. The van der Waals surface area contributed by atoms with Gasteiger partial charge in [0.2, 0.25) is 0 Å². The Hall–Kier alpha value is -2.62. The number of alkyl carbamates (subject to hydrolysis) is 2. The van der Waals surface area contributed by atoms with E-state index in [9.17, 15) is 9.59 Å². The Morgan fingerprint density at radius 2 is 1.23 bits per heavy atom. The van der Waals surface area contributed by atoms with Gasteiger partial charge in [-0.25, -0.2) is 9.59 Å². The van der Waals surface area contributed by atoms with E-state index in [1.54, 1.807) is 0 Å². The molecule has 0 saturated carbocycles. The predicted octanol–water partition coefficient (Wildman–Crippen LogP) is 7.02. The van der Waals surface area contributed by atoms with Crippen molar-refractivity contribution in [1.29, 1.82) is 0 Å². The molecule has 8 nitrogen and oxygen atoms in total. The van der Waals surface area contributed by atoms with Crippen LogP contribution in [0.15, 0.2) is 60.7 Å². The molecule has 2 heterocycles. The summed E-state index contributed by atoms with van der Waals surface area (Å²) in [6.07, 6.45) is 8.47. The molecular formula is C34H53BrN4O4. The number of rotatable bonds is 11. The van der Waals surface area contributed by atoms with Gasteiger partial charge >= 0.3 is 12.2 Å². The second-order valence-electron chi connectivity index (χ2n) is 10.9. The molecule has 2 fully saturated rings. The molecule has 2 aliphatic heterocycles. The topological polar surface area (TPSA) is 91.9 Å². The quantitative estimate of drug-likeness (QED) is 0.224. The summed E-state index contributed by atoms with van der Waals surface area (Å²) in [6.45, 7) is 10.3. The number of ether oxygens (including phenoxy) is 2. The third-order valence-electron chi connectivity index (χ3n) is 7.31. The lowest BCUT2D eigenvalue weighted by atomic mass is 10.1. The minimum absolute atomic E-state index is 0.250. The first-order chi connectivity index (χ1) is 21.0. The van der Waals surface area contributed by atoms with Gasteiger partial charge in [-0.2, -0.15) is 0 Å². The maximum Gasteiger partial charge on any atom is 0.407 e. The molecule has 2 saturated heterocycles. The smallest absolute Gasteiger partial charge is 0.407 e. The van der Waals surface area contributed by atoms with E-state index in [0.29, 0.717) is 13.2 Å². The van der Waals surface area contributed by atoms with Gasteiger partial charge in [0.05, 0.1) is 0 Å². The van der Waals surface area contributed by atoms with Crippen molar-refractivity contribution in [3.8, 4) is 0 Å². The van der Waals surface area contributed by atoms with Crippen molar-refractivity contribution >= 4 is 28.1 Å². The number of alkyl halides is 1. The zero-order valence-corrected chi connectivity index (χ0v) is 27.8. The molecule has 0 spiro atoms. The van der Waals surface area contributed by atoms with Crippen molar-refractivity contribution in [1.82, 2.24) is 20.9 Å². The largest absolute Gasteiger partial charge is 0.445 e. The summed E-state index contributed by atoms with van der Waals surface area (Å²) in [5.41, 5.74) is 2.02. The highest BCUT2D eigenvalue weighted by molar-refractivity contribution is 9.09. The van der Waals surface area contributed by atoms with Crippen LogP contribution in [0.5, 0.6) is 0 Å². The molecule has 0 aromatic heterocycles. The lowest BCUT2D eigenvalue weighted by molar-refractivity contribution is 0.126. The molecule has 2 amide bonds. The fraction of sp³-hybridized carbons (Fsp3) is 0.588. The first-order valence-electron chi connectivity index (χ1n) is 16.0. The highest BCUT2D eigenvalue weighted by Gasteiger charge is 2.20. The zero-order valence-electron chi connectivity index (χ0n) is 26.2. The number of hydrogen-bond donors (Lipinski definition) is 3. The maximum atomic E-state index is 11.8. The molecule has 4 rings (SSSR count). The van der Waals surface area contributed by atoms with Gasteiger partial charge < -0.3 is 30.3 Å². The lowest BCUT2D eigenvalue weighted by Crippen LogP contribution is -2.44. The average Bonchev–Trinajstić information content (AvgIpc) is 3.05. The van der Waals surface area contributed by atoms with E-state index in [1.165, 1.54) is 32.2 Å². The lowest BCUT2D eigenvalue weighted by Gasteiger charge is -2.32. The molecule has 240 valence electrons. The Labute approximate surface area is 267 Å². The van der Waals surface area contributed by atoms with Gasteiger partial charge in [0, 0.05) is 30.5 Å². The van der Waals surface area contributed by atoms with E-state index in [0.717, 1.165) is 68.3 Å². The number of likely N-dealkylation sites (tertiary alicyclic amines) is 1. The molecule has 43 heavy (non-hydrogen) atoms. The zero-order chi connectivity index (χ0) is 31.0. The molecule has 0 aliphatic carbocycles. The van der Waals surface area contributed by atoms with Gasteiger partial charge in [-0.3, -0.25) is 0 Å². The van der Waals surface area contributed by atoms with E-state index in [-0.39, 0.29) is 24.3 Å². The average molecular weight is 662 g/mol. The van der Waals surface area contributed by atoms with Crippen molar-refractivity contribution in [2.75, 3.05) is 38.1 Å². The Bertz CT molecular complexity index is 967. The van der Waals surface area contributed by atoms with Crippen molar-refractivity contribution in [3.05, 3.63) is 71.8 Å². The predicted molar refractivity (Wildman–Crippen MR) is 178 cm³/mol. The standard InChI is InChI=1S/C17H26N2O2.C13H18N2O2.C4H9Br/c1-2-3-11-19-12-9-16(10-13-19)18-17(20)21-14-15-7-5-4-6-8-15;16-13(15-12-6-8-14-9-7-12)17-10-11-4-2-1-3-5-11;1-2-3-4-5/h4-8,16H,2-3,9-14H2,1H3,(H,18,20);1-5,12,14H,6-10H2,(H,15,16);2-4H2,1H3. The molecular weight excluding hydrogens is 608 g/mol. The molecule has 0 bridgehead atoms. The van der Waals surface area contributed by atoms with Crippen molar-refractivity contribution < 1.29 is 19.1 Å². The Kier molecular flexibility index (Phi) is 20.2. The fourth-order valence-electron chi connectivity index (χ4n) is 4.65. The van der Waals surface area contributed by atoms with Crippen LogP contribution in [0.3, 0.4) is 0 Å². The monoisotopic (exact) mass is 660 g/mol. The van der Waals surface area contributed by atoms with E-state index < -0.39 is 0 Å². The van der Waals surface area contributed by atoms with E-state index in [2.05, 4.69) is 50.6 Å². The SMILES string of the molecule is CCCCBr.CCCCN1CCC(NC(=O)OCc2ccccc2)CC1.O=C(NC1CCNCC1)OCc1ccccc1. The van der Waals surface area contributed by atoms with Crippen LogP contribution in [0.1, 0.15) is 76.3 Å². The summed E-state index contributed by atoms with van der Waals surface area (Å²) in [7, 11) is 0. The molecule has 0 radical (unpaired) electrons. The van der Waals surface area contributed by atoms with Crippen molar-refractivity contribution in [2.24, 2.45) is 0 Å². The molecule has 2 aromatic rings. The molecule has 0 atom stereocenters. The summed E-state index contributed by atoms with van der Waals surface area (Å²) in [5.74, 6) is 0. The van der Waals surface area contributed by atoms with Gasteiger partial charge in [0.1, 0.15) is 13.2 Å². The number of piperidine rings is 2. The van der Waals surface area contributed by atoms with Crippen LogP contribution in [0.4, 0.5) is 9.59 Å². The van der Waals surface area contributed by atoms with Crippen LogP contribution in [0, 0.1) is 0 Å². The molecule has 9 heteroatoms. The van der Waals surface area contributed by atoms with Crippen molar-refractivity contribution in [2.45, 2.75) is 90.5 Å². The highest BCUT2D eigenvalue weighted by atomic mass is 79.9.